The number of ether oxygens (including phenoxy) is 2. The van der Waals surface area contributed by atoms with Crippen molar-refractivity contribution in [2.24, 2.45) is 0 Å². The number of benzene rings is 1. The van der Waals surface area contributed by atoms with E-state index in [4.69, 9.17) is 9.47 Å². The van der Waals surface area contributed by atoms with Crippen LogP contribution in [0.1, 0.15) is 24.2 Å². The Morgan fingerprint density at radius 2 is 2.00 bits per heavy atom. The minimum Gasteiger partial charge on any atom is -0.480 e. The fraction of sp³-hybridized carbons (Fsp3) is 0.412. The number of rotatable bonds is 4. The summed E-state index contributed by atoms with van der Waals surface area (Å²) in [6, 6.07) is 14.5. The van der Waals surface area contributed by atoms with E-state index in [2.05, 4.69) is 46.3 Å². The molecule has 0 radical (unpaired) electrons. The normalized spacial score (nSPS) is 22.5. The van der Waals surface area contributed by atoms with E-state index in [-0.39, 0.29) is 12.1 Å². The van der Waals surface area contributed by atoms with E-state index < -0.39 is 0 Å². The molecule has 1 fully saturated rings. The molecule has 1 aromatic carbocycles. The van der Waals surface area contributed by atoms with Crippen LogP contribution < -0.4 is 4.74 Å². The van der Waals surface area contributed by atoms with E-state index in [1.807, 2.05) is 18.2 Å². The second kappa shape index (κ2) is 6.85. The summed E-state index contributed by atoms with van der Waals surface area (Å²) in [5.41, 5.74) is 2.21. The van der Waals surface area contributed by atoms with Gasteiger partial charge in [-0.05, 0) is 18.6 Å². The molecule has 0 spiro atoms. The van der Waals surface area contributed by atoms with Crippen molar-refractivity contribution in [2.75, 3.05) is 20.3 Å². The first-order chi connectivity index (χ1) is 10.8. The maximum Gasteiger partial charge on any atom is 0.233 e. The number of aromatic nitrogens is 2. The summed E-state index contributed by atoms with van der Waals surface area (Å²) in [6.07, 6.45) is 0.228. The van der Waals surface area contributed by atoms with Gasteiger partial charge in [0.1, 0.15) is 0 Å². The minimum atomic E-state index is 0.228. The molecule has 5 heteroatoms. The average Bonchev–Trinajstić information content (AvgIpc) is 2.56. The van der Waals surface area contributed by atoms with Gasteiger partial charge >= 0.3 is 0 Å². The first-order valence-electron chi connectivity index (χ1n) is 7.53. The fourth-order valence-electron chi connectivity index (χ4n) is 2.78. The van der Waals surface area contributed by atoms with Crippen molar-refractivity contribution in [3.05, 3.63) is 53.7 Å². The molecule has 0 amide bonds. The molecule has 2 heterocycles. The predicted molar refractivity (Wildman–Crippen MR) is 83.6 cm³/mol. The van der Waals surface area contributed by atoms with Gasteiger partial charge in [-0.15, -0.1) is 5.10 Å². The zero-order valence-electron chi connectivity index (χ0n) is 13.0. The van der Waals surface area contributed by atoms with E-state index >= 15 is 0 Å². The molecular formula is C17H21N3O2. The molecule has 2 aromatic rings. The second-order valence-corrected chi connectivity index (χ2v) is 5.57. The molecule has 1 aliphatic heterocycles. The summed E-state index contributed by atoms with van der Waals surface area (Å²) in [4.78, 5) is 2.40. The number of methoxy groups -OCH3 is 1. The van der Waals surface area contributed by atoms with Gasteiger partial charge in [0.25, 0.3) is 0 Å². The number of hydrogen-bond donors (Lipinski definition) is 0. The van der Waals surface area contributed by atoms with E-state index in [0.717, 1.165) is 18.8 Å². The molecule has 0 aliphatic carbocycles. The maximum absolute atomic E-state index is 5.85. The smallest absolute Gasteiger partial charge is 0.233 e. The summed E-state index contributed by atoms with van der Waals surface area (Å²) in [5, 5.41) is 8.29. The highest BCUT2D eigenvalue weighted by Gasteiger charge is 2.28. The van der Waals surface area contributed by atoms with Crippen LogP contribution in [0.25, 0.3) is 0 Å². The standard InChI is InChI=1S/C17H21N3O2/c1-13-10-20(11-15-8-9-17(21-2)19-18-15)16(12-22-13)14-6-4-3-5-7-14/h3-9,13,16H,10-12H2,1-2H3/t13-,16-/m1/s1. The van der Waals surface area contributed by atoms with Crippen LogP contribution in [0, 0.1) is 0 Å². The molecule has 3 rings (SSSR count). The van der Waals surface area contributed by atoms with Gasteiger partial charge in [-0.25, -0.2) is 0 Å². The van der Waals surface area contributed by atoms with Crippen molar-refractivity contribution in [1.82, 2.24) is 15.1 Å². The van der Waals surface area contributed by atoms with E-state index in [9.17, 15) is 0 Å². The Labute approximate surface area is 130 Å². The summed E-state index contributed by atoms with van der Waals surface area (Å²) < 4.78 is 10.9. The van der Waals surface area contributed by atoms with Gasteiger partial charge in [0.15, 0.2) is 0 Å². The molecule has 0 unspecified atom stereocenters. The Bertz CT molecular complexity index is 589. The Kier molecular flexibility index (Phi) is 4.65. The molecule has 2 atom stereocenters. The Hall–Kier alpha value is -1.98. The van der Waals surface area contributed by atoms with Crippen molar-refractivity contribution < 1.29 is 9.47 Å². The molecule has 0 saturated carbocycles. The molecule has 0 N–H and O–H groups in total. The third kappa shape index (κ3) is 3.43. The highest BCUT2D eigenvalue weighted by Crippen LogP contribution is 2.27. The van der Waals surface area contributed by atoms with Crippen molar-refractivity contribution in [3.8, 4) is 5.88 Å². The fourth-order valence-corrected chi connectivity index (χ4v) is 2.78. The van der Waals surface area contributed by atoms with Gasteiger partial charge in [0.2, 0.25) is 5.88 Å². The van der Waals surface area contributed by atoms with Crippen molar-refractivity contribution in [2.45, 2.75) is 25.6 Å². The highest BCUT2D eigenvalue weighted by atomic mass is 16.5. The van der Waals surface area contributed by atoms with Gasteiger partial charge < -0.3 is 9.47 Å². The molecule has 1 aromatic heterocycles. The molecule has 1 aliphatic rings. The third-order valence-corrected chi connectivity index (χ3v) is 3.92. The highest BCUT2D eigenvalue weighted by molar-refractivity contribution is 5.20. The Balaban J connectivity index is 1.77. The lowest BCUT2D eigenvalue weighted by atomic mass is 10.0. The summed E-state index contributed by atoms with van der Waals surface area (Å²) in [5.74, 6) is 0.540. The number of nitrogens with zero attached hydrogens (tertiary/aromatic N) is 3. The molecule has 0 bridgehead atoms. The topological polar surface area (TPSA) is 47.5 Å². The average molecular weight is 299 g/mol. The van der Waals surface area contributed by atoms with Crippen LogP contribution in [-0.4, -0.2) is 41.5 Å². The van der Waals surface area contributed by atoms with E-state index in [0.29, 0.717) is 12.5 Å². The summed E-state index contributed by atoms with van der Waals surface area (Å²) >= 11 is 0. The number of hydrogen-bond acceptors (Lipinski definition) is 5. The maximum atomic E-state index is 5.85. The molecule has 22 heavy (non-hydrogen) atoms. The van der Waals surface area contributed by atoms with Crippen LogP contribution in [0.15, 0.2) is 42.5 Å². The van der Waals surface area contributed by atoms with E-state index in [1.165, 1.54) is 5.56 Å². The van der Waals surface area contributed by atoms with Crippen LogP contribution in [-0.2, 0) is 11.3 Å². The zero-order valence-corrected chi connectivity index (χ0v) is 13.0. The lowest BCUT2D eigenvalue weighted by Crippen LogP contribution is -2.43. The van der Waals surface area contributed by atoms with Crippen LogP contribution >= 0.6 is 0 Å². The van der Waals surface area contributed by atoms with Crippen molar-refractivity contribution in [3.63, 3.8) is 0 Å². The van der Waals surface area contributed by atoms with Crippen LogP contribution in [0.2, 0.25) is 0 Å². The first-order valence-corrected chi connectivity index (χ1v) is 7.53. The van der Waals surface area contributed by atoms with Gasteiger partial charge in [0.05, 0.1) is 31.6 Å². The van der Waals surface area contributed by atoms with Gasteiger partial charge in [-0.2, -0.15) is 5.10 Å². The lowest BCUT2D eigenvalue weighted by molar-refractivity contribution is -0.0602. The zero-order chi connectivity index (χ0) is 15.4. The van der Waals surface area contributed by atoms with Gasteiger partial charge in [0, 0.05) is 19.2 Å². The SMILES string of the molecule is COc1ccc(CN2C[C@@H](C)OC[C@@H]2c2ccccc2)nn1. The lowest BCUT2D eigenvalue weighted by Gasteiger charge is -2.38. The molecule has 116 valence electrons. The summed E-state index contributed by atoms with van der Waals surface area (Å²) in [6.45, 7) is 4.44. The number of morpholine rings is 1. The summed E-state index contributed by atoms with van der Waals surface area (Å²) in [7, 11) is 1.60. The molecular weight excluding hydrogens is 278 g/mol. The van der Waals surface area contributed by atoms with Crippen LogP contribution in [0.5, 0.6) is 5.88 Å². The van der Waals surface area contributed by atoms with Crippen LogP contribution in [0.3, 0.4) is 0 Å². The van der Waals surface area contributed by atoms with Gasteiger partial charge in [-0.1, -0.05) is 30.3 Å². The largest absolute Gasteiger partial charge is 0.480 e. The third-order valence-electron chi connectivity index (χ3n) is 3.92. The molecule has 1 saturated heterocycles. The van der Waals surface area contributed by atoms with E-state index in [1.54, 1.807) is 7.11 Å². The first kappa shape index (κ1) is 14.9. The molecule has 5 nitrogen and oxygen atoms in total. The predicted octanol–water partition coefficient (Wildman–Crippen LogP) is 2.45. The van der Waals surface area contributed by atoms with Crippen molar-refractivity contribution in [1.29, 1.82) is 0 Å². The Morgan fingerprint density at radius 1 is 1.18 bits per heavy atom. The van der Waals surface area contributed by atoms with Crippen molar-refractivity contribution >= 4 is 0 Å². The quantitative estimate of drug-likeness (QED) is 0.868. The minimum absolute atomic E-state index is 0.228. The van der Waals surface area contributed by atoms with Crippen LogP contribution in [0.4, 0.5) is 0 Å². The monoisotopic (exact) mass is 299 g/mol. The van der Waals surface area contributed by atoms with Gasteiger partial charge in [-0.3, -0.25) is 4.90 Å². The Morgan fingerprint density at radius 3 is 2.68 bits per heavy atom. The second-order valence-electron chi connectivity index (χ2n) is 5.57.